The number of nitrogens with one attached hydrogen (secondary N) is 1. The summed E-state index contributed by atoms with van der Waals surface area (Å²) in [6.45, 7) is 0. The van der Waals surface area contributed by atoms with Gasteiger partial charge >= 0.3 is 0 Å². The second-order valence-electron chi connectivity index (χ2n) is 3.71. The first kappa shape index (κ1) is 14.4. The van der Waals surface area contributed by atoms with Gasteiger partial charge in [0.05, 0.1) is 6.26 Å². The van der Waals surface area contributed by atoms with Crippen molar-refractivity contribution in [3.63, 3.8) is 0 Å². The Kier molecular flexibility index (Phi) is 5.55. The van der Waals surface area contributed by atoms with Crippen LogP contribution in [0.2, 0.25) is 0 Å². The standard InChI is InChI=1S/C12H10.C2H7NO2S/c1-3-7-11(8-4-1)12-9-5-2-6-10-12;1-3-6(2,4)5/h1-10H;3H,1-2H3. The molecule has 2 rings (SSSR count). The van der Waals surface area contributed by atoms with Gasteiger partial charge in [-0.1, -0.05) is 60.7 Å². The first-order valence-corrected chi connectivity index (χ1v) is 7.41. The molecule has 0 aliphatic carbocycles. The lowest BCUT2D eigenvalue weighted by Gasteiger charge is -1.98. The minimum Gasteiger partial charge on any atom is -0.219 e. The van der Waals surface area contributed by atoms with Gasteiger partial charge in [0, 0.05) is 0 Å². The van der Waals surface area contributed by atoms with E-state index in [2.05, 4.69) is 53.3 Å². The van der Waals surface area contributed by atoms with Crippen LogP contribution in [0.4, 0.5) is 0 Å². The Bertz CT molecular complexity index is 513. The molecule has 0 aliphatic heterocycles. The monoisotopic (exact) mass is 263 g/mol. The highest BCUT2D eigenvalue weighted by Gasteiger charge is 1.91. The first-order chi connectivity index (χ1) is 8.53. The molecule has 0 aliphatic rings. The van der Waals surface area contributed by atoms with Crippen molar-refractivity contribution in [3.05, 3.63) is 60.7 Å². The second kappa shape index (κ2) is 6.93. The number of hydrogen-bond acceptors (Lipinski definition) is 2. The second-order valence-corrected chi connectivity index (χ2v) is 5.66. The molecule has 0 atom stereocenters. The van der Waals surface area contributed by atoms with Gasteiger partial charge in [-0.25, -0.2) is 13.1 Å². The van der Waals surface area contributed by atoms with Crippen molar-refractivity contribution in [1.82, 2.24) is 4.72 Å². The van der Waals surface area contributed by atoms with Gasteiger partial charge in [-0.2, -0.15) is 0 Å². The van der Waals surface area contributed by atoms with E-state index in [9.17, 15) is 8.42 Å². The molecular formula is C14H17NO2S. The molecule has 0 fully saturated rings. The molecule has 0 unspecified atom stereocenters. The van der Waals surface area contributed by atoms with Gasteiger partial charge in [0.2, 0.25) is 10.0 Å². The molecule has 4 heteroatoms. The van der Waals surface area contributed by atoms with Crippen LogP contribution in [0.1, 0.15) is 0 Å². The average molecular weight is 263 g/mol. The summed E-state index contributed by atoms with van der Waals surface area (Å²) < 4.78 is 21.9. The molecular weight excluding hydrogens is 246 g/mol. The summed E-state index contributed by atoms with van der Waals surface area (Å²) in [5.41, 5.74) is 2.55. The van der Waals surface area contributed by atoms with Crippen LogP contribution in [-0.2, 0) is 10.0 Å². The molecule has 0 amide bonds. The van der Waals surface area contributed by atoms with Gasteiger partial charge in [0.1, 0.15) is 0 Å². The Hall–Kier alpha value is -1.65. The zero-order chi connectivity index (χ0) is 13.4. The lowest BCUT2D eigenvalue weighted by Crippen LogP contribution is -2.15. The van der Waals surface area contributed by atoms with Crippen LogP contribution in [0.15, 0.2) is 60.7 Å². The number of rotatable bonds is 2. The molecule has 0 radical (unpaired) electrons. The van der Waals surface area contributed by atoms with E-state index in [0.29, 0.717) is 0 Å². The fraction of sp³-hybridized carbons (Fsp3) is 0.143. The maximum Gasteiger partial charge on any atom is 0.208 e. The van der Waals surface area contributed by atoms with E-state index < -0.39 is 10.0 Å². The molecule has 0 saturated carbocycles. The third-order valence-electron chi connectivity index (χ3n) is 2.25. The molecule has 2 aromatic rings. The van der Waals surface area contributed by atoms with Gasteiger partial charge in [-0.3, -0.25) is 0 Å². The van der Waals surface area contributed by atoms with Crippen molar-refractivity contribution < 1.29 is 8.42 Å². The molecule has 0 heterocycles. The first-order valence-electron chi connectivity index (χ1n) is 5.52. The van der Waals surface area contributed by atoms with Crippen LogP contribution < -0.4 is 4.72 Å². The quantitative estimate of drug-likeness (QED) is 0.905. The number of sulfonamides is 1. The predicted octanol–water partition coefficient (Wildman–Crippen LogP) is 2.52. The summed E-state index contributed by atoms with van der Waals surface area (Å²) in [6.07, 6.45) is 1.10. The van der Waals surface area contributed by atoms with Crippen molar-refractivity contribution in [3.8, 4) is 11.1 Å². The van der Waals surface area contributed by atoms with E-state index in [-0.39, 0.29) is 0 Å². The molecule has 96 valence electrons. The van der Waals surface area contributed by atoms with Crippen molar-refractivity contribution >= 4 is 10.0 Å². The third kappa shape index (κ3) is 5.61. The van der Waals surface area contributed by atoms with Crippen molar-refractivity contribution in [2.24, 2.45) is 0 Å². The van der Waals surface area contributed by atoms with Crippen LogP contribution in [-0.4, -0.2) is 21.7 Å². The van der Waals surface area contributed by atoms with Crippen molar-refractivity contribution in [2.45, 2.75) is 0 Å². The fourth-order valence-corrected chi connectivity index (χ4v) is 1.26. The Morgan fingerprint density at radius 1 is 0.778 bits per heavy atom. The molecule has 18 heavy (non-hydrogen) atoms. The maximum absolute atomic E-state index is 9.89. The van der Waals surface area contributed by atoms with Crippen molar-refractivity contribution in [1.29, 1.82) is 0 Å². The van der Waals surface area contributed by atoms with E-state index in [0.717, 1.165) is 6.26 Å². The SMILES string of the molecule is CNS(C)(=O)=O.c1ccc(-c2ccccc2)cc1. The Labute approximate surface area is 109 Å². The van der Waals surface area contributed by atoms with Gasteiger partial charge in [0.15, 0.2) is 0 Å². The Morgan fingerprint density at radius 3 is 1.28 bits per heavy atom. The Balaban J connectivity index is 0.000000232. The summed E-state index contributed by atoms with van der Waals surface area (Å²) >= 11 is 0. The normalized spacial score (nSPS) is 10.3. The molecule has 2 aromatic carbocycles. The topological polar surface area (TPSA) is 46.2 Å². The van der Waals surface area contributed by atoms with Crippen LogP contribution in [0.3, 0.4) is 0 Å². The lowest BCUT2D eigenvalue weighted by molar-refractivity contribution is 0.594. The van der Waals surface area contributed by atoms with Gasteiger partial charge in [0.25, 0.3) is 0 Å². The van der Waals surface area contributed by atoms with Gasteiger partial charge in [-0.05, 0) is 18.2 Å². The highest BCUT2D eigenvalue weighted by molar-refractivity contribution is 7.88. The predicted molar refractivity (Wildman–Crippen MR) is 75.8 cm³/mol. The highest BCUT2D eigenvalue weighted by Crippen LogP contribution is 2.17. The maximum atomic E-state index is 9.89. The van der Waals surface area contributed by atoms with Gasteiger partial charge in [-0.15, -0.1) is 0 Å². The minimum absolute atomic E-state index is 1.10. The summed E-state index contributed by atoms with van der Waals surface area (Å²) in [7, 11) is -1.54. The third-order valence-corrected chi connectivity index (χ3v) is 2.99. The number of hydrogen-bond donors (Lipinski definition) is 1. The molecule has 0 saturated heterocycles. The molecule has 3 nitrogen and oxygen atoms in total. The van der Waals surface area contributed by atoms with E-state index >= 15 is 0 Å². The highest BCUT2D eigenvalue weighted by atomic mass is 32.2. The smallest absolute Gasteiger partial charge is 0.208 e. The summed E-state index contributed by atoms with van der Waals surface area (Å²) in [5, 5.41) is 0. The fourth-order valence-electron chi connectivity index (χ4n) is 1.26. The van der Waals surface area contributed by atoms with E-state index in [1.54, 1.807) is 0 Å². The largest absolute Gasteiger partial charge is 0.219 e. The molecule has 0 bridgehead atoms. The summed E-state index contributed by atoms with van der Waals surface area (Å²) in [6, 6.07) is 20.8. The zero-order valence-electron chi connectivity index (χ0n) is 10.5. The van der Waals surface area contributed by atoms with Crippen LogP contribution in [0.25, 0.3) is 11.1 Å². The average Bonchev–Trinajstić information content (AvgIpc) is 2.41. The summed E-state index contributed by atoms with van der Waals surface area (Å²) in [4.78, 5) is 0. The van der Waals surface area contributed by atoms with E-state index in [1.807, 2.05) is 12.1 Å². The van der Waals surface area contributed by atoms with E-state index in [1.165, 1.54) is 18.2 Å². The van der Waals surface area contributed by atoms with Crippen LogP contribution >= 0.6 is 0 Å². The minimum atomic E-state index is -2.91. The summed E-state index contributed by atoms with van der Waals surface area (Å²) in [5.74, 6) is 0. The Morgan fingerprint density at radius 2 is 1.06 bits per heavy atom. The molecule has 0 spiro atoms. The molecule has 1 N–H and O–H groups in total. The lowest BCUT2D eigenvalue weighted by atomic mass is 10.1. The zero-order valence-corrected chi connectivity index (χ0v) is 11.3. The van der Waals surface area contributed by atoms with Crippen LogP contribution in [0.5, 0.6) is 0 Å². The van der Waals surface area contributed by atoms with E-state index in [4.69, 9.17) is 0 Å². The molecule has 0 aromatic heterocycles. The van der Waals surface area contributed by atoms with Gasteiger partial charge < -0.3 is 0 Å². The van der Waals surface area contributed by atoms with Crippen molar-refractivity contribution in [2.75, 3.05) is 13.3 Å². The van der Waals surface area contributed by atoms with Crippen LogP contribution in [0, 0.1) is 0 Å². The number of benzene rings is 2.